The van der Waals surface area contributed by atoms with Crippen molar-refractivity contribution in [2.45, 2.75) is 0 Å². The number of hydrogen-bond acceptors (Lipinski definition) is 3. The molecule has 0 amide bonds. The van der Waals surface area contributed by atoms with E-state index in [1.54, 1.807) is 6.20 Å². The monoisotopic (exact) mass is 135 g/mol. The van der Waals surface area contributed by atoms with Crippen LogP contribution < -0.4 is 11.1 Å². The van der Waals surface area contributed by atoms with Gasteiger partial charge < -0.3 is 4.42 Å². The quantitative estimate of drug-likeness (QED) is 0.531. The Bertz CT molecular complexity index is 413. The largest absolute Gasteiger partial charge is 0.424 e. The summed E-state index contributed by atoms with van der Waals surface area (Å²) in [5, 5.41) is 7.22. The number of fused-ring (bicyclic) bond motifs is 1. The molecule has 2 heterocycles. The van der Waals surface area contributed by atoms with Crippen LogP contribution in [0.5, 0.6) is 0 Å². The lowest BCUT2D eigenvalue weighted by molar-refractivity contribution is 0.456. The molecular weight excluding hydrogens is 130 g/mol. The van der Waals surface area contributed by atoms with Gasteiger partial charge in [-0.3, -0.25) is 5.41 Å². The summed E-state index contributed by atoms with van der Waals surface area (Å²) >= 11 is 0. The van der Waals surface area contributed by atoms with E-state index in [2.05, 4.69) is 11.6 Å². The molecule has 2 aromatic heterocycles. The molecule has 0 aromatic carbocycles. The number of hydrogen-bond donors (Lipinski definition) is 1. The number of oxazole rings is 1. The van der Waals surface area contributed by atoms with Crippen molar-refractivity contribution in [1.29, 1.82) is 5.41 Å². The second-order valence-corrected chi connectivity index (χ2v) is 1.98. The molecule has 4 heteroatoms. The van der Waals surface area contributed by atoms with Crippen LogP contribution in [0.25, 0.3) is 12.1 Å². The van der Waals surface area contributed by atoms with Gasteiger partial charge in [0.1, 0.15) is 17.3 Å². The maximum Gasteiger partial charge on any atom is 0.300 e. The first-order chi connectivity index (χ1) is 4.79. The average molecular weight is 135 g/mol. The van der Waals surface area contributed by atoms with E-state index in [1.165, 1.54) is 10.7 Å². The van der Waals surface area contributed by atoms with Crippen LogP contribution in [0.2, 0.25) is 0 Å². The molecule has 0 saturated heterocycles. The molecule has 1 N–H and O–H groups in total. The topological polar surface area (TPSA) is 54.3 Å². The molecule has 2 rings (SSSR count). The molecule has 0 aliphatic heterocycles. The second kappa shape index (κ2) is 1.47. The van der Waals surface area contributed by atoms with Crippen LogP contribution in [0.3, 0.4) is 0 Å². The van der Waals surface area contributed by atoms with Gasteiger partial charge in [-0.05, 0) is 0 Å². The minimum Gasteiger partial charge on any atom is -0.424 e. The van der Waals surface area contributed by atoms with Crippen molar-refractivity contribution < 1.29 is 4.42 Å². The Morgan fingerprint density at radius 3 is 3.20 bits per heavy atom. The van der Waals surface area contributed by atoms with Crippen LogP contribution in [-0.4, -0.2) is 9.38 Å². The molecule has 0 fully saturated rings. The maximum atomic E-state index is 7.22. The summed E-state index contributed by atoms with van der Waals surface area (Å²) in [4.78, 5) is 3.83. The van der Waals surface area contributed by atoms with Gasteiger partial charge in [0.05, 0.1) is 6.20 Å². The zero-order chi connectivity index (χ0) is 7.14. The van der Waals surface area contributed by atoms with Gasteiger partial charge in [0.25, 0.3) is 5.68 Å². The molecule has 0 aliphatic carbocycles. The van der Waals surface area contributed by atoms with Crippen molar-refractivity contribution in [3.05, 3.63) is 23.6 Å². The van der Waals surface area contributed by atoms with Crippen LogP contribution in [-0.2, 0) is 0 Å². The highest BCUT2D eigenvalue weighted by atomic mass is 16.3. The third kappa shape index (κ3) is 0.452. The summed E-state index contributed by atoms with van der Waals surface area (Å²) in [5.74, 6) is 0. The van der Waals surface area contributed by atoms with Gasteiger partial charge in [-0.1, -0.05) is 6.58 Å². The van der Waals surface area contributed by atoms with Crippen LogP contribution in [0.4, 0.5) is 0 Å². The van der Waals surface area contributed by atoms with Crippen LogP contribution in [0, 0.1) is 5.41 Å². The number of aromatic nitrogens is 2. The van der Waals surface area contributed by atoms with E-state index in [0.29, 0.717) is 5.42 Å². The Labute approximate surface area is 55.9 Å². The summed E-state index contributed by atoms with van der Waals surface area (Å²) < 4.78 is 6.41. The van der Waals surface area contributed by atoms with Crippen molar-refractivity contribution in [1.82, 2.24) is 9.38 Å². The molecule has 0 spiro atoms. The summed E-state index contributed by atoms with van der Waals surface area (Å²) in [7, 11) is 0. The highest BCUT2D eigenvalue weighted by Crippen LogP contribution is 1.87. The summed E-state index contributed by atoms with van der Waals surface area (Å²) in [5.41, 5.74) is 1.31. The molecule has 0 saturated carbocycles. The van der Waals surface area contributed by atoms with E-state index in [-0.39, 0.29) is 5.68 Å². The predicted molar refractivity (Wildman–Crippen MR) is 34.1 cm³/mol. The van der Waals surface area contributed by atoms with E-state index in [4.69, 9.17) is 9.83 Å². The normalized spacial score (nSPS) is 10.8. The molecule has 0 bridgehead atoms. The lowest BCUT2D eigenvalue weighted by Crippen LogP contribution is -2.02. The Morgan fingerprint density at radius 2 is 2.50 bits per heavy atom. The minimum absolute atomic E-state index is 0.0671. The van der Waals surface area contributed by atoms with E-state index in [0.717, 1.165) is 5.52 Å². The highest BCUT2D eigenvalue weighted by molar-refractivity contribution is 5.42. The highest BCUT2D eigenvalue weighted by Gasteiger charge is 1.98. The van der Waals surface area contributed by atoms with Crippen molar-refractivity contribution >= 4 is 12.1 Å². The molecule has 0 aliphatic rings. The second-order valence-electron chi connectivity index (χ2n) is 1.98. The lowest BCUT2D eigenvalue weighted by Gasteiger charge is -1.71. The van der Waals surface area contributed by atoms with Crippen molar-refractivity contribution in [2.24, 2.45) is 0 Å². The fourth-order valence-electron chi connectivity index (χ4n) is 0.881. The first-order valence-electron chi connectivity index (χ1n) is 2.77. The summed E-state index contributed by atoms with van der Waals surface area (Å²) in [6.45, 7) is 3.59. The Balaban J connectivity index is 3.28. The van der Waals surface area contributed by atoms with E-state index in [9.17, 15) is 0 Å². The fraction of sp³-hybridized carbons (Fsp3) is 0. The van der Waals surface area contributed by atoms with Crippen LogP contribution >= 0.6 is 0 Å². The van der Waals surface area contributed by atoms with Gasteiger partial charge >= 0.3 is 0 Å². The Morgan fingerprint density at radius 1 is 1.70 bits per heavy atom. The smallest absolute Gasteiger partial charge is 0.300 e. The van der Waals surface area contributed by atoms with Gasteiger partial charge in [-0.15, -0.1) is 0 Å². The summed E-state index contributed by atoms with van der Waals surface area (Å²) in [6.07, 6.45) is 3.14. The molecule has 2 aromatic rings. The van der Waals surface area contributed by atoms with Crippen molar-refractivity contribution in [3.63, 3.8) is 0 Å². The lowest BCUT2D eigenvalue weighted by atomic mass is 10.6. The average Bonchev–Trinajstić information content (AvgIpc) is 2.39. The molecule has 4 nitrogen and oxygen atoms in total. The van der Waals surface area contributed by atoms with Crippen molar-refractivity contribution in [2.75, 3.05) is 0 Å². The number of nitrogens with one attached hydrogen (secondary N) is 1. The molecular formula is C6H5N3O. The third-order valence-corrected chi connectivity index (χ3v) is 1.36. The molecule has 50 valence electrons. The van der Waals surface area contributed by atoms with Gasteiger partial charge in [0, 0.05) is 0 Å². The molecule has 0 atom stereocenters. The Hall–Kier alpha value is -1.58. The third-order valence-electron chi connectivity index (χ3n) is 1.36. The van der Waals surface area contributed by atoms with Gasteiger partial charge in [0.2, 0.25) is 0 Å². The predicted octanol–water partition coefficient (Wildman–Crippen LogP) is -0.464. The number of nitrogens with zero attached hydrogens (tertiary/aromatic N) is 2. The Kier molecular flexibility index (Phi) is 0.768. The van der Waals surface area contributed by atoms with E-state index in [1.807, 2.05) is 0 Å². The van der Waals surface area contributed by atoms with E-state index >= 15 is 0 Å². The molecule has 10 heavy (non-hydrogen) atoms. The zero-order valence-corrected chi connectivity index (χ0v) is 5.16. The van der Waals surface area contributed by atoms with Crippen LogP contribution in [0.15, 0.2) is 16.9 Å². The SMILES string of the molecule is C=c1oc(=N)n2cncc12. The van der Waals surface area contributed by atoms with Crippen molar-refractivity contribution in [3.8, 4) is 0 Å². The maximum absolute atomic E-state index is 7.22. The number of imidazole rings is 1. The molecule has 0 unspecified atom stereocenters. The first kappa shape index (κ1) is 5.22. The molecule has 0 radical (unpaired) electrons. The van der Waals surface area contributed by atoms with Gasteiger partial charge in [-0.2, -0.15) is 0 Å². The minimum atomic E-state index is 0.0671. The van der Waals surface area contributed by atoms with Gasteiger partial charge in [-0.25, -0.2) is 9.38 Å². The standard InChI is InChI=1S/C6H5N3O/c1-4-5-2-8-3-9(5)6(7)10-4/h2-3,7H,1H2. The van der Waals surface area contributed by atoms with Crippen LogP contribution in [0.1, 0.15) is 0 Å². The van der Waals surface area contributed by atoms with Gasteiger partial charge in [0.15, 0.2) is 0 Å². The van der Waals surface area contributed by atoms with E-state index < -0.39 is 0 Å². The number of rotatable bonds is 0. The zero-order valence-electron chi connectivity index (χ0n) is 5.16. The fourth-order valence-corrected chi connectivity index (χ4v) is 0.881. The first-order valence-corrected chi connectivity index (χ1v) is 2.77. The summed E-state index contributed by atoms with van der Waals surface area (Å²) in [6, 6.07) is 0.